The minimum absolute atomic E-state index is 0.0465. The number of anilines is 1. The summed E-state index contributed by atoms with van der Waals surface area (Å²) >= 11 is 0. The lowest BCUT2D eigenvalue weighted by Crippen LogP contribution is -2.47. The molecule has 3 rings (SSSR count). The van der Waals surface area contributed by atoms with E-state index in [4.69, 9.17) is 5.26 Å². The fourth-order valence-electron chi connectivity index (χ4n) is 3.22. The van der Waals surface area contributed by atoms with Crippen LogP contribution in [0.5, 0.6) is 0 Å². The Morgan fingerprint density at radius 3 is 2.31 bits per heavy atom. The SMILES string of the molecule is Cc1ccc(S(=O)(=O)N2CCC(NC(=O)CNc3ccc(C#N)cc3)CC2)cc1. The van der Waals surface area contributed by atoms with Crippen LogP contribution >= 0.6 is 0 Å². The van der Waals surface area contributed by atoms with E-state index in [-0.39, 0.29) is 18.5 Å². The molecule has 1 amide bonds. The summed E-state index contributed by atoms with van der Waals surface area (Å²) < 4.78 is 27.0. The van der Waals surface area contributed by atoms with Crippen molar-refractivity contribution in [2.45, 2.75) is 30.7 Å². The van der Waals surface area contributed by atoms with E-state index < -0.39 is 10.0 Å². The molecule has 0 aromatic heterocycles. The number of amides is 1. The number of hydrogen-bond donors (Lipinski definition) is 2. The van der Waals surface area contributed by atoms with Gasteiger partial charge in [-0.25, -0.2) is 8.42 Å². The molecule has 8 heteroatoms. The van der Waals surface area contributed by atoms with Gasteiger partial charge in [0.1, 0.15) is 0 Å². The molecule has 1 saturated heterocycles. The molecule has 2 aromatic rings. The molecule has 0 atom stereocenters. The summed E-state index contributed by atoms with van der Waals surface area (Å²) in [4.78, 5) is 12.5. The van der Waals surface area contributed by atoms with E-state index in [1.54, 1.807) is 48.5 Å². The monoisotopic (exact) mass is 412 g/mol. The zero-order valence-corrected chi connectivity index (χ0v) is 17.1. The number of aryl methyl sites for hydroxylation is 1. The maximum Gasteiger partial charge on any atom is 0.243 e. The van der Waals surface area contributed by atoms with Gasteiger partial charge in [0.25, 0.3) is 0 Å². The molecule has 0 bridgehead atoms. The first-order valence-electron chi connectivity index (χ1n) is 9.49. The predicted molar refractivity (Wildman–Crippen MR) is 111 cm³/mol. The van der Waals surface area contributed by atoms with Crippen molar-refractivity contribution in [2.75, 3.05) is 25.0 Å². The van der Waals surface area contributed by atoms with Gasteiger partial charge in [-0.1, -0.05) is 17.7 Å². The predicted octanol–water partition coefficient (Wildman–Crippen LogP) is 2.25. The summed E-state index contributed by atoms with van der Waals surface area (Å²) in [6.45, 7) is 2.79. The van der Waals surface area contributed by atoms with Gasteiger partial charge in [0.2, 0.25) is 15.9 Å². The van der Waals surface area contributed by atoms with Crippen molar-refractivity contribution in [3.8, 4) is 6.07 Å². The summed E-state index contributed by atoms with van der Waals surface area (Å²) in [6, 6.07) is 15.7. The molecule has 1 fully saturated rings. The fourth-order valence-corrected chi connectivity index (χ4v) is 4.69. The number of piperidine rings is 1. The van der Waals surface area contributed by atoms with E-state index >= 15 is 0 Å². The van der Waals surface area contributed by atoms with Crippen LogP contribution in [0.3, 0.4) is 0 Å². The van der Waals surface area contributed by atoms with E-state index in [2.05, 4.69) is 10.6 Å². The Hall–Kier alpha value is -2.89. The van der Waals surface area contributed by atoms with Gasteiger partial charge in [0, 0.05) is 24.8 Å². The highest BCUT2D eigenvalue weighted by molar-refractivity contribution is 7.89. The van der Waals surface area contributed by atoms with Gasteiger partial charge in [-0.3, -0.25) is 4.79 Å². The highest BCUT2D eigenvalue weighted by Crippen LogP contribution is 2.21. The van der Waals surface area contributed by atoms with Crippen LogP contribution in [-0.4, -0.2) is 44.3 Å². The number of benzene rings is 2. The zero-order valence-electron chi connectivity index (χ0n) is 16.3. The summed E-state index contributed by atoms with van der Waals surface area (Å²) in [5, 5.41) is 14.8. The lowest BCUT2D eigenvalue weighted by atomic mass is 10.1. The molecular weight excluding hydrogens is 388 g/mol. The third kappa shape index (κ3) is 5.34. The maximum atomic E-state index is 12.7. The van der Waals surface area contributed by atoms with E-state index in [9.17, 15) is 13.2 Å². The molecule has 152 valence electrons. The Labute approximate surface area is 171 Å². The Kier molecular flexibility index (Phi) is 6.52. The number of hydrogen-bond acceptors (Lipinski definition) is 5. The first kappa shape index (κ1) is 20.8. The summed E-state index contributed by atoms with van der Waals surface area (Å²) in [7, 11) is -3.50. The highest BCUT2D eigenvalue weighted by atomic mass is 32.2. The molecular formula is C21H24N4O3S. The number of rotatable bonds is 6. The van der Waals surface area contributed by atoms with Gasteiger partial charge in [0.15, 0.2) is 0 Å². The lowest BCUT2D eigenvalue weighted by molar-refractivity contribution is -0.120. The van der Waals surface area contributed by atoms with Crippen molar-refractivity contribution in [2.24, 2.45) is 0 Å². The van der Waals surface area contributed by atoms with Crippen molar-refractivity contribution in [3.63, 3.8) is 0 Å². The standard InChI is InChI=1S/C21H24N4O3S/c1-16-2-8-20(9-3-16)29(27,28)25-12-10-19(11-13-25)24-21(26)15-23-18-6-4-17(14-22)5-7-18/h2-9,19,23H,10-13,15H2,1H3,(H,24,26). The quantitative estimate of drug-likeness (QED) is 0.758. The summed E-state index contributed by atoms with van der Waals surface area (Å²) in [5.74, 6) is -0.144. The fraction of sp³-hybridized carbons (Fsp3) is 0.333. The Morgan fingerprint density at radius 2 is 1.72 bits per heavy atom. The van der Waals surface area contributed by atoms with Crippen LogP contribution in [0.4, 0.5) is 5.69 Å². The molecule has 0 spiro atoms. The van der Waals surface area contributed by atoms with Crippen molar-refractivity contribution in [3.05, 3.63) is 59.7 Å². The second kappa shape index (κ2) is 9.07. The van der Waals surface area contributed by atoms with Crippen molar-refractivity contribution in [1.29, 1.82) is 5.26 Å². The van der Waals surface area contributed by atoms with Gasteiger partial charge in [-0.15, -0.1) is 0 Å². The maximum absolute atomic E-state index is 12.7. The van der Waals surface area contributed by atoms with Crippen molar-refractivity contribution < 1.29 is 13.2 Å². The van der Waals surface area contributed by atoms with E-state index in [1.165, 1.54) is 4.31 Å². The van der Waals surface area contributed by atoms with Crippen LogP contribution in [0.15, 0.2) is 53.4 Å². The van der Waals surface area contributed by atoms with Gasteiger partial charge < -0.3 is 10.6 Å². The number of nitrogens with zero attached hydrogens (tertiary/aromatic N) is 2. The second-order valence-corrected chi connectivity index (χ2v) is 9.04. The molecule has 0 saturated carbocycles. The Bertz CT molecular complexity index is 988. The number of sulfonamides is 1. The van der Waals surface area contributed by atoms with Crippen LogP contribution in [0.25, 0.3) is 0 Å². The first-order chi connectivity index (χ1) is 13.9. The van der Waals surface area contributed by atoms with Crippen molar-refractivity contribution in [1.82, 2.24) is 9.62 Å². The molecule has 0 unspecified atom stereocenters. The Balaban J connectivity index is 1.47. The molecule has 0 aliphatic carbocycles. The third-order valence-electron chi connectivity index (χ3n) is 4.94. The molecule has 2 aromatic carbocycles. The van der Waals surface area contributed by atoms with E-state index in [0.717, 1.165) is 11.3 Å². The minimum Gasteiger partial charge on any atom is -0.376 e. The molecule has 29 heavy (non-hydrogen) atoms. The number of nitriles is 1. The topological polar surface area (TPSA) is 102 Å². The van der Waals surface area contributed by atoms with Gasteiger partial charge in [-0.2, -0.15) is 9.57 Å². The molecule has 1 heterocycles. The molecule has 2 N–H and O–H groups in total. The highest BCUT2D eigenvalue weighted by Gasteiger charge is 2.29. The largest absolute Gasteiger partial charge is 0.376 e. The summed E-state index contributed by atoms with van der Waals surface area (Å²) in [6.07, 6.45) is 1.15. The smallest absolute Gasteiger partial charge is 0.243 e. The van der Waals surface area contributed by atoms with Crippen LogP contribution < -0.4 is 10.6 Å². The normalized spacial score (nSPS) is 15.4. The first-order valence-corrected chi connectivity index (χ1v) is 10.9. The Morgan fingerprint density at radius 1 is 1.10 bits per heavy atom. The van der Waals surface area contributed by atoms with Crippen LogP contribution in [0.2, 0.25) is 0 Å². The van der Waals surface area contributed by atoms with Crippen LogP contribution in [0.1, 0.15) is 24.0 Å². The van der Waals surface area contributed by atoms with Gasteiger partial charge in [0.05, 0.1) is 23.1 Å². The molecule has 7 nitrogen and oxygen atoms in total. The number of carbonyl (C=O) groups is 1. The lowest BCUT2D eigenvalue weighted by Gasteiger charge is -2.31. The number of carbonyl (C=O) groups excluding carboxylic acids is 1. The minimum atomic E-state index is -3.50. The molecule has 1 aliphatic heterocycles. The zero-order chi connectivity index (χ0) is 20.9. The average Bonchev–Trinajstić information content (AvgIpc) is 2.73. The average molecular weight is 413 g/mol. The third-order valence-corrected chi connectivity index (χ3v) is 6.86. The van der Waals surface area contributed by atoms with E-state index in [1.807, 2.05) is 13.0 Å². The van der Waals surface area contributed by atoms with Gasteiger partial charge in [-0.05, 0) is 56.2 Å². The van der Waals surface area contributed by atoms with Gasteiger partial charge >= 0.3 is 0 Å². The van der Waals surface area contributed by atoms with E-state index in [0.29, 0.717) is 36.4 Å². The number of nitrogens with one attached hydrogen (secondary N) is 2. The van der Waals surface area contributed by atoms with Crippen LogP contribution in [-0.2, 0) is 14.8 Å². The van der Waals surface area contributed by atoms with Crippen LogP contribution in [0, 0.1) is 18.3 Å². The molecule has 1 aliphatic rings. The summed E-state index contributed by atoms with van der Waals surface area (Å²) in [5.41, 5.74) is 2.34. The van der Waals surface area contributed by atoms with Crippen molar-refractivity contribution >= 4 is 21.6 Å². The molecule has 0 radical (unpaired) electrons. The second-order valence-electron chi connectivity index (χ2n) is 7.10.